The topological polar surface area (TPSA) is 307 Å². The van der Waals surface area contributed by atoms with E-state index in [2.05, 4.69) is 21.3 Å². The molecule has 2 saturated heterocycles. The van der Waals surface area contributed by atoms with Gasteiger partial charge in [0.2, 0.25) is 47.3 Å². The number of likely N-dealkylation sites (tertiary alicyclic amines) is 2. The number of carboxylic acids is 1. The van der Waals surface area contributed by atoms with Gasteiger partial charge < -0.3 is 53.4 Å². The van der Waals surface area contributed by atoms with Crippen LogP contribution in [0, 0.1) is 17.8 Å². The third-order valence-corrected chi connectivity index (χ3v) is 10.2. The van der Waals surface area contributed by atoms with E-state index in [1.165, 1.54) is 9.80 Å². The van der Waals surface area contributed by atoms with Crippen LogP contribution < -0.4 is 38.5 Å². The second-order valence-corrected chi connectivity index (χ2v) is 15.8. The molecule has 19 nitrogen and oxygen atoms in total. The minimum atomic E-state index is -1.64. The molecule has 0 aliphatic carbocycles. The molecule has 0 aromatic rings. The van der Waals surface area contributed by atoms with Gasteiger partial charge in [-0.15, -0.1) is 0 Å². The summed E-state index contributed by atoms with van der Waals surface area (Å²) in [6.07, 6.45) is 1.21. The normalized spacial score (nSPS) is 20.0. The Morgan fingerprint density at radius 3 is 1.73 bits per heavy atom. The average molecular weight is 794 g/mol. The highest BCUT2D eigenvalue weighted by molar-refractivity contribution is 5.98. The van der Waals surface area contributed by atoms with Crippen molar-refractivity contribution in [1.82, 2.24) is 31.1 Å². The van der Waals surface area contributed by atoms with E-state index in [4.69, 9.17) is 17.2 Å². The molecule has 8 amide bonds. The van der Waals surface area contributed by atoms with Gasteiger partial charge in [0.05, 0.1) is 12.5 Å². The van der Waals surface area contributed by atoms with Gasteiger partial charge in [0.25, 0.3) is 0 Å². The first-order valence-electron chi connectivity index (χ1n) is 19.6. The van der Waals surface area contributed by atoms with Crippen molar-refractivity contribution >= 4 is 53.2 Å². The van der Waals surface area contributed by atoms with Crippen molar-refractivity contribution in [1.29, 1.82) is 0 Å². The number of carbonyl (C=O) groups is 9. The van der Waals surface area contributed by atoms with Gasteiger partial charge in [-0.3, -0.25) is 38.4 Å². The second kappa shape index (κ2) is 22.1. The maximum Gasteiger partial charge on any atom is 0.326 e. The largest absolute Gasteiger partial charge is 0.480 e. The Balaban J connectivity index is 2.31. The Hall–Kier alpha value is -4.81. The molecule has 0 saturated carbocycles. The summed E-state index contributed by atoms with van der Waals surface area (Å²) in [4.78, 5) is 120. The van der Waals surface area contributed by atoms with Gasteiger partial charge >= 0.3 is 5.97 Å². The molecule has 0 aromatic heterocycles. The quantitative estimate of drug-likeness (QED) is 0.0630. The molecule has 0 bridgehead atoms. The Labute approximate surface area is 328 Å². The third-order valence-electron chi connectivity index (χ3n) is 10.2. The van der Waals surface area contributed by atoms with Crippen molar-refractivity contribution in [3.63, 3.8) is 0 Å². The fourth-order valence-electron chi connectivity index (χ4n) is 7.03. The number of carbonyl (C=O) groups excluding carboxylic acids is 8. The van der Waals surface area contributed by atoms with Crippen molar-refractivity contribution in [2.45, 2.75) is 148 Å². The van der Waals surface area contributed by atoms with Gasteiger partial charge in [-0.25, -0.2) is 4.79 Å². The molecule has 8 atom stereocenters. The molecule has 2 heterocycles. The van der Waals surface area contributed by atoms with E-state index < -0.39 is 108 Å². The van der Waals surface area contributed by atoms with Crippen LogP contribution >= 0.6 is 0 Å². The van der Waals surface area contributed by atoms with Gasteiger partial charge in [0.1, 0.15) is 36.3 Å². The number of hydrogen-bond acceptors (Lipinski definition) is 10. The predicted molar refractivity (Wildman–Crippen MR) is 203 cm³/mol. The summed E-state index contributed by atoms with van der Waals surface area (Å²) in [6.45, 7) is 11.4. The summed E-state index contributed by atoms with van der Waals surface area (Å²) in [6, 6.07) is -8.25. The summed E-state index contributed by atoms with van der Waals surface area (Å²) in [5.41, 5.74) is 16.9. The summed E-state index contributed by atoms with van der Waals surface area (Å²) in [5.74, 6) is -7.70. The van der Waals surface area contributed by atoms with Gasteiger partial charge in [0.15, 0.2) is 0 Å². The maximum absolute atomic E-state index is 13.8. The summed E-state index contributed by atoms with van der Waals surface area (Å²) >= 11 is 0. The first-order valence-corrected chi connectivity index (χ1v) is 19.6. The van der Waals surface area contributed by atoms with Crippen LogP contribution in [0.2, 0.25) is 0 Å². The first-order chi connectivity index (χ1) is 26.2. The Morgan fingerprint density at radius 2 is 1.21 bits per heavy atom. The molecule has 8 unspecified atom stereocenters. The van der Waals surface area contributed by atoms with E-state index in [1.54, 1.807) is 13.8 Å². The van der Waals surface area contributed by atoms with Crippen LogP contribution in [0.3, 0.4) is 0 Å². The zero-order chi connectivity index (χ0) is 42.4. The molecule has 0 aromatic carbocycles. The highest BCUT2D eigenvalue weighted by Gasteiger charge is 2.41. The fourth-order valence-corrected chi connectivity index (χ4v) is 7.03. The number of rotatable bonds is 22. The van der Waals surface area contributed by atoms with Crippen molar-refractivity contribution in [2.24, 2.45) is 35.0 Å². The molecule has 56 heavy (non-hydrogen) atoms. The molecule has 316 valence electrons. The summed E-state index contributed by atoms with van der Waals surface area (Å²) in [5, 5.41) is 19.9. The minimum absolute atomic E-state index is 0.0791. The van der Waals surface area contributed by atoms with Crippen molar-refractivity contribution in [2.75, 3.05) is 13.1 Å². The number of nitrogens with two attached hydrogens (primary N) is 3. The first kappa shape index (κ1) is 47.3. The van der Waals surface area contributed by atoms with Gasteiger partial charge in [-0.1, -0.05) is 48.0 Å². The lowest BCUT2D eigenvalue weighted by Crippen LogP contribution is -2.61. The molecule has 11 N–H and O–H groups in total. The maximum atomic E-state index is 13.8. The van der Waals surface area contributed by atoms with E-state index in [-0.39, 0.29) is 50.6 Å². The second-order valence-electron chi connectivity index (χ2n) is 15.8. The summed E-state index contributed by atoms with van der Waals surface area (Å²) in [7, 11) is 0. The number of hydrogen-bond donors (Lipinski definition) is 8. The molecule has 19 heteroatoms. The number of primary amides is 2. The van der Waals surface area contributed by atoms with E-state index in [0.29, 0.717) is 32.1 Å². The molecule has 2 rings (SSSR count). The molecule has 0 radical (unpaired) electrons. The van der Waals surface area contributed by atoms with E-state index in [9.17, 15) is 48.3 Å². The van der Waals surface area contributed by atoms with Crippen LogP contribution in [-0.2, 0) is 43.2 Å². The van der Waals surface area contributed by atoms with Gasteiger partial charge in [-0.05, 0) is 62.7 Å². The van der Waals surface area contributed by atoms with Crippen LogP contribution in [0.1, 0.15) is 106 Å². The van der Waals surface area contributed by atoms with Gasteiger partial charge in [-0.2, -0.15) is 0 Å². The molecular weight excluding hydrogens is 730 g/mol. The number of nitrogens with zero attached hydrogens (tertiary/aromatic N) is 2. The van der Waals surface area contributed by atoms with Crippen LogP contribution in [0.15, 0.2) is 0 Å². The molecule has 2 fully saturated rings. The lowest BCUT2D eigenvalue weighted by Gasteiger charge is -2.31. The van der Waals surface area contributed by atoms with Gasteiger partial charge in [0, 0.05) is 19.5 Å². The third kappa shape index (κ3) is 14.0. The van der Waals surface area contributed by atoms with Crippen LogP contribution in [0.4, 0.5) is 0 Å². The SMILES string of the molecule is CCC(C)C(NC(=O)C(CC(N)=O)NC(=O)C(CCC(N)=O)NC(=O)C1CCCN1C(=O)C(N)CC(C)C)C(=O)NC(CC(C)C)C(=O)N1CCCC1C(=O)O. The predicted octanol–water partition coefficient (Wildman–Crippen LogP) is -1.40. The van der Waals surface area contributed by atoms with E-state index in [1.807, 2.05) is 27.7 Å². The Kier molecular flexibility index (Phi) is 18.7. The van der Waals surface area contributed by atoms with Crippen LogP contribution in [0.5, 0.6) is 0 Å². The lowest BCUT2D eigenvalue weighted by molar-refractivity contribution is -0.149. The Bertz CT molecular complexity index is 1460. The van der Waals surface area contributed by atoms with Crippen molar-refractivity contribution < 1.29 is 48.3 Å². The molecule has 0 spiro atoms. The minimum Gasteiger partial charge on any atom is -0.480 e. The standard InChI is InChI=1S/C37H63N9O10/c1-7-21(6)30(34(52)43-25(17-20(4)5)36(54)46-15-9-11-27(46)37(55)56)44-32(50)24(18-29(40)48)42-31(49)23(12-13-28(39)47)41-33(51)26-10-8-14-45(26)35(53)22(38)16-19(2)3/h19-27,30H,7-18,38H2,1-6H3,(H2,39,47)(H2,40,48)(H,41,51)(H,42,49)(H,43,52)(H,44,50)(H,55,56). The molecule has 2 aliphatic heterocycles. The highest BCUT2D eigenvalue weighted by Crippen LogP contribution is 2.22. The Morgan fingerprint density at radius 1 is 0.679 bits per heavy atom. The smallest absolute Gasteiger partial charge is 0.326 e. The average Bonchev–Trinajstić information content (AvgIpc) is 3.81. The highest BCUT2D eigenvalue weighted by atomic mass is 16.4. The summed E-state index contributed by atoms with van der Waals surface area (Å²) < 4.78 is 0. The lowest BCUT2D eigenvalue weighted by atomic mass is 9.96. The zero-order valence-corrected chi connectivity index (χ0v) is 33.5. The van der Waals surface area contributed by atoms with Crippen LogP contribution in [0.25, 0.3) is 0 Å². The van der Waals surface area contributed by atoms with Crippen molar-refractivity contribution in [3.05, 3.63) is 0 Å². The van der Waals surface area contributed by atoms with E-state index in [0.717, 1.165) is 0 Å². The van der Waals surface area contributed by atoms with Crippen molar-refractivity contribution in [3.8, 4) is 0 Å². The number of amides is 8. The molecular formula is C37H63N9O10. The fraction of sp³-hybridized carbons (Fsp3) is 0.757. The monoisotopic (exact) mass is 793 g/mol. The number of carboxylic acid groups (broad SMARTS) is 1. The number of nitrogens with one attached hydrogen (secondary N) is 4. The number of aliphatic carboxylic acids is 1. The van der Waals surface area contributed by atoms with Crippen LogP contribution in [-0.4, -0.2) is 124 Å². The zero-order valence-electron chi connectivity index (χ0n) is 33.5. The molecule has 2 aliphatic rings. The van der Waals surface area contributed by atoms with E-state index >= 15 is 0 Å².